The number of nitrogens with two attached hydrogens (primary N) is 1. The van der Waals surface area contributed by atoms with Gasteiger partial charge in [0.15, 0.2) is 0 Å². The van der Waals surface area contributed by atoms with E-state index in [4.69, 9.17) is 5.73 Å². The van der Waals surface area contributed by atoms with Crippen molar-refractivity contribution in [1.82, 2.24) is 15.1 Å². The van der Waals surface area contributed by atoms with Crippen LogP contribution in [0.4, 0.5) is 5.82 Å². The lowest BCUT2D eigenvalue weighted by molar-refractivity contribution is 0.0950. The molecule has 2 rings (SSSR count). The van der Waals surface area contributed by atoms with Gasteiger partial charge in [-0.25, -0.2) is 0 Å². The third-order valence-electron chi connectivity index (χ3n) is 2.71. The van der Waals surface area contributed by atoms with E-state index < -0.39 is 0 Å². The fourth-order valence-corrected chi connectivity index (χ4v) is 1.81. The first-order chi connectivity index (χ1) is 8.99. The lowest BCUT2D eigenvalue weighted by Crippen LogP contribution is -2.23. The lowest BCUT2D eigenvalue weighted by atomic mass is 10.2. The molecule has 0 radical (unpaired) electrons. The number of amides is 1. The van der Waals surface area contributed by atoms with Crippen LogP contribution >= 0.6 is 15.9 Å². The maximum Gasteiger partial charge on any atom is 0.251 e. The highest BCUT2D eigenvalue weighted by atomic mass is 79.9. The van der Waals surface area contributed by atoms with Crippen molar-refractivity contribution in [3.05, 3.63) is 40.0 Å². The summed E-state index contributed by atoms with van der Waals surface area (Å²) in [4.78, 5) is 11.9. The van der Waals surface area contributed by atoms with E-state index in [9.17, 15) is 9.90 Å². The van der Waals surface area contributed by atoms with Gasteiger partial charge in [-0.2, -0.15) is 5.10 Å². The van der Waals surface area contributed by atoms with Crippen LogP contribution in [0.1, 0.15) is 15.9 Å². The summed E-state index contributed by atoms with van der Waals surface area (Å²) in [6.45, 7) is 0.287. The number of carbonyl (C=O) groups is 1. The Morgan fingerprint density at radius 3 is 2.89 bits per heavy atom. The van der Waals surface area contributed by atoms with Gasteiger partial charge in [-0.3, -0.25) is 9.48 Å². The van der Waals surface area contributed by atoms with Crippen molar-refractivity contribution >= 4 is 27.7 Å². The summed E-state index contributed by atoms with van der Waals surface area (Å²) in [5.41, 5.74) is 6.90. The second-order valence-corrected chi connectivity index (χ2v) is 4.88. The van der Waals surface area contributed by atoms with E-state index in [1.54, 1.807) is 25.4 Å². The van der Waals surface area contributed by atoms with E-state index in [0.717, 1.165) is 5.56 Å². The van der Waals surface area contributed by atoms with Crippen molar-refractivity contribution in [3.8, 4) is 5.75 Å². The molecule has 0 spiro atoms. The molecule has 1 heterocycles. The molecule has 6 nitrogen and oxygen atoms in total. The third kappa shape index (κ3) is 2.87. The molecule has 0 fully saturated rings. The molecular weight excluding hydrogens is 312 g/mol. The van der Waals surface area contributed by atoms with Gasteiger partial charge in [0.2, 0.25) is 0 Å². The maximum atomic E-state index is 11.9. The number of rotatable bonds is 3. The Bertz CT molecular complexity index is 624. The monoisotopic (exact) mass is 324 g/mol. The minimum Gasteiger partial charge on any atom is -0.507 e. The number of aryl methyl sites for hydroxylation is 1. The zero-order valence-corrected chi connectivity index (χ0v) is 11.8. The minimum absolute atomic E-state index is 0.0218. The van der Waals surface area contributed by atoms with Crippen molar-refractivity contribution in [2.45, 2.75) is 6.54 Å². The van der Waals surface area contributed by atoms with E-state index in [1.807, 2.05) is 0 Å². The van der Waals surface area contributed by atoms with E-state index in [2.05, 4.69) is 26.3 Å². The van der Waals surface area contributed by atoms with Gasteiger partial charge in [-0.05, 0) is 34.1 Å². The van der Waals surface area contributed by atoms with Gasteiger partial charge in [-0.1, -0.05) is 0 Å². The molecule has 0 aliphatic carbocycles. The molecule has 0 aliphatic heterocycles. The average Bonchev–Trinajstić information content (AvgIpc) is 2.70. The van der Waals surface area contributed by atoms with Gasteiger partial charge in [0.1, 0.15) is 11.6 Å². The summed E-state index contributed by atoms with van der Waals surface area (Å²) in [6.07, 6.45) is 1.61. The van der Waals surface area contributed by atoms with Gasteiger partial charge >= 0.3 is 0 Å². The molecule has 0 saturated heterocycles. The number of benzene rings is 1. The summed E-state index contributed by atoms with van der Waals surface area (Å²) >= 11 is 3.16. The van der Waals surface area contributed by atoms with Gasteiger partial charge in [-0.15, -0.1) is 0 Å². The largest absolute Gasteiger partial charge is 0.507 e. The molecule has 19 heavy (non-hydrogen) atoms. The number of nitrogens with zero attached hydrogens (tertiary/aromatic N) is 2. The predicted molar refractivity (Wildman–Crippen MR) is 74.6 cm³/mol. The molecule has 4 N–H and O–H groups in total. The number of nitrogens with one attached hydrogen (secondary N) is 1. The first kappa shape index (κ1) is 13.4. The maximum absolute atomic E-state index is 11.9. The Labute approximate surface area is 118 Å². The van der Waals surface area contributed by atoms with E-state index in [-0.39, 0.29) is 18.2 Å². The lowest BCUT2D eigenvalue weighted by Gasteiger charge is -2.06. The molecule has 2 aromatic rings. The second kappa shape index (κ2) is 5.31. The number of anilines is 1. The Kier molecular flexibility index (Phi) is 3.75. The van der Waals surface area contributed by atoms with Gasteiger partial charge in [0.25, 0.3) is 5.91 Å². The zero-order valence-electron chi connectivity index (χ0n) is 10.2. The molecule has 1 amide bonds. The van der Waals surface area contributed by atoms with Crippen LogP contribution in [0, 0.1) is 0 Å². The summed E-state index contributed by atoms with van der Waals surface area (Å²) in [6, 6.07) is 4.63. The first-order valence-corrected chi connectivity index (χ1v) is 6.31. The highest BCUT2D eigenvalue weighted by Gasteiger charge is 2.10. The topological polar surface area (TPSA) is 93.2 Å². The van der Waals surface area contributed by atoms with Crippen molar-refractivity contribution in [1.29, 1.82) is 0 Å². The number of aromatic hydroxyl groups is 1. The van der Waals surface area contributed by atoms with E-state index in [1.165, 1.54) is 10.7 Å². The standard InChI is InChI=1S/C12H13BrN4O2/c1-17-11(14)8(6-16-17)5-15-12(19)7-2-3-9(13)10(18)4-7/h2-4,6,18H,5,14H2,1H3,(H,15,19). The normalized spacial score (nSPS) is 10.4. The number of phenolic OH excluding ortho intramolecular Hbond substituents is 1. The number of phenols is 1. The molecule has 0 atom stereocenters. The molecule has 0 bridgehead atoms. The first-order valence-electron chi connectivity index (χ1n) is 5.52. The molecule has 100 valence electrons. The molecule has 0 unspecified atom stereocenters. The van der Waals surface area contributed by atoms with Crippen molar-refractivity contribution in [2.24, 2.45) is 7.05 Å². The molecule has 1 aromatic carbocycles. The number of hydrogen-bond donors (Lipinski definition) is 3. The fraction of sp³-hybridized carbons (Fsp3) is 0.167. The molecule has 1 aromatic heterocycles. The number of halogens is 1. The number of carbonyl (C=O) groups excluding carboxylic acids is 1. The van der Waals surface area contributed by atoms with Gasteiger partial charge in [0.05, 0.1) is 10.7 Å². The van der Waals surface area contributed by atoms with Crippen LogP contribution in [0.2, 0.25) is 0 Å². The van der Waals surface area contributed by atoms with Crippen molar-refractivity contribution in [2.75, 3.05) is 5.73 Å². The van der Waals surface area contributed by atoms with E-state index in [0.29, 0.717) is 15.9 Å². The van der Waals surface area contributed by atoms with Crippen LogP contribution in [0.25, 0.3) is 0 Å². The van der Waals surface area contributed by atoms with Gasteiger partial charge in [0, 0.05) is 24.7 Å². The Morgan fingerprint density at radius 2 is 2.32 bits per heavy atom. The average molecular weight is 325 g/mol. The number of aromatic nitrogens is 2. The fourth-order valence-electron chi connectivity index (χ4n) is 1.56. The van der Waals surface area contributed by atoms with E-state index >= 15 is 0 Å². The third-order valence-corrected chi connectivity index (χ3v) is 3.38. The molecule has 7 heteroatoms. The number of hydrogen-bond acceptors (Lipinski definition) is 4. The predicted octanol–water partition coefficient (Wildman–Crippen LogP) is 1.40. The Balaban J connectivity index is 2.05. The van der Waals surface area contributed by atoms with Crippen LogP contribution < -0.4 is 11.1 Å². The second-order valence-electron chi connectivity index (χ2n) is 4.03. The van der Waals surface area contributed by atoms with Gasteiger partial charge < -0.3 is 16.2 Å². The van der Waals surface area contributed by atoms with Crippen LogP contribution in [-0.2, 0) is 13.6 Å². The summed E-state index contributed by atoms with van der Waals surface area (Å²) in [7, 11) is 1.73. The Hall–Kier alpha value is -2.02. The SMILES string of the molecule is Cn1ncc(CNC(=O)c2ccc(Br)c(O)c2)c1N. The number of nitrogen functional groups attached to an aromatic ring is 1. The smallest absolute Gasteiger partial charge is 0.251 e. The van der Waals surface area contributed by atoms with Crippen molar-refractivity contribution in [3.63, 3.8) is 0 Å². The minimum atomic E-state index is -0.286. The highest BCUT2D eigenvalue weighted by Crippen LogP contribution is 2.24. The quantitative estimate of drug-likeness (QED) is 0.795. The summed E-state index contributed by atoms with van der Waals surface area (Å²) in [5.74, 6) is 0.249. The van der Waals surface area contributed by atoms with Crippen LogP contribution in [0.3, 0.4) is 0 Å². The van der Waals surface area contributed by atoms with Crippen LogP contribution in [0.5, 0.6) is 5.75 Å². The van der Waals surface area contributed by atoms with Crippen molar-refractivity contribution < 1.29 is 9.90 Å². The zero-order chi connectivity index (χ0) is 14.0. The van der Waals surface area contributed by atoms with Crippen LogP contribution in [-0.4, -0.2) is 20.8 Å². The highest BCUT2D eigenvalue weighted by molar-refractivity contribution is 9.10. The van der Waals surface area contributed by atoms with Crippen LogP contribution in [0.15, 0.2) is 28.9 Å². The summed E-state index contributed by atoms with van der Waals surface area (Å²) in [5, 5.41) is 16.2. The molecule has 0 aliphatic rings. The molecular formula is C12H13BrN4O2. The summed E-state index contributed by atoms with van der Waals surface area (Å²) < 4.78 is 2.08. The Morgan fingerprint density at radius 1 is 1.58 bits per heavy atom. The molecule has 0 saturated carbocycles.